The van der Waals surface area contributed by atoms with E-state index in [0.29, 0.717) is 13.2 Å². The summed E-state index contributed by atoms with van der Waals surface area (Å²) >= 11 is 17.5. The third kappa shape index (κ3) is 35.2. The first-order valence-corrected chi connectivity index (χ1v) is 8.18. The molecule has 0 aromatic rings. The molecule has 0 N–H and O–H groups in total. The summed E-state index contributed by atoms with van der Waals surface area (Å²) in [6, 6.07) is 0. The normalized spacial score (nSPS) is 14.3. The molecular weight excluding hydrogens is 444 g/mol. The van der Waals surface area contributed by atoms with Crippen LogP contribution in [0.1, 0.15) is 13.8 Å². The van der Waals surface area contributed by atoms with E-state index in [2.05, 4.69) is 59.2 Å². The first kappa shape index (κ1) is 28.9. The topological polar surface area (TPSA) is 18.5 Å². The molecule has 10 radical (unpaired) electrons. The third-order valence-corrected chi connectivity index (χ3v) is 2.11. The largest absolute Gasteiger partial charge is 4.00 e. The van der Waals surface area contributed by atoms with Crippen molar-refractivity contribution in [3.8, 4) is 0 Å². The second-order valence-electron chi connectivity index (χ2n) is 3.29. The van der Waals surface area contributed by atoms with Gasteiger partial charge in [-0.15, -0.1) is 0 Å². The van der Waals surface area contributed by atoms with Gasteiger partial charge in [0.1, 0.15) is 0 Å². The van der Waals surface area contributed by atoms with Crippen LogP contribution in [0, 0.1) is 64.2 Å². The van der Waals surface area contributed by atoms with Crippen molar-refractivity contribution in [1.82, 2.24) is 0 Å². The second kappa shape index (κ2) is 25.3. The van der Waals surface area contributed by atoms with Gasteiger partial charge in [0.2, 0.25) is 0 Å². The summed E-state index contributed by atoms with van der Waals surface area (Å²) in [6.07, 6.45) is 20.0. The van der Waals surface area contributed by atoms with E-state index < -0.39 is 0 Å². The first-order valence-electron chi connectivity index (χ1n) is 6.55. The van der Waals surface area contributed by atoms with E-state index in [4.69, 9.17) is 0 Å². The Kier molecular flexibility index (Phi) is 31.8. The summed E-state index contributed by atoms with van der Waals surface area (Å²) in [5, 5.41) is 0. The van der Waals surface area contributed by atoms with E-state index in [9.17, 15) is 0 Å². The first-order chi connectivity index (χ1) is 10.5. The van der Waals surface area contributed by atoms with E-state index in [1.165, 1.54) is 0 Å². The van der Waals surface area contributed by atoms with Crippen LogP contribution in [-0.4, -0.2) is 22.0 Å². The molecule has 0 bridgehead atoms. The number of hydrogen-bond donors (Lipinski definition) is 0. The van der Waals surface area contributed by atoms with Crippen molar-refractivity contribution in [3.05, 3.63) is 64.2 Å². The zero-order valence-corrected chi connectivity index (χ0v) is 18.9. The van der Waals surface area contributed by atoms with Crippen molar-refractivity contribution in [2.75, 3.05) is 13.2 Å². The van der Waals surface area contributed by atoms with E-state index in [0.717, 1.165) is 0 Å². The van der Waals surface area contributed by atoms with Crippen molar-refractivity contribution in [2.24, 2.45) is 0 Å². The Morgan fingerprint density at radius 3 is 0.870 bits per heavy atom. The number of rotatable bonds is 2. The summed E-state index contributed by atoms with van der Waals surface area (Å²) in [7, 11) is 0. The predicted molar refractivity (Wildman–Crippen MR) is 106 cm³/mol. The van der Waals surface area contributed by atoms with Crippen molar-refractivity contribution in [3.63, 3.8) is 0 Å². The number of thiocarbonyl (C=S) groups is 2. The molecule has 2 aliphatic rings. The molecule has 122 valence electrons. The molecule has 2 saturated carbocycles. The average Bonchev–Trinajstić information content (AvgIpc) is 3.19. The minimum atomic E-state index is 0. The summed E-state index contributed by atoms with van der Waals surface area (Å²) in [5.41, 5.74) is 0. The van der Waals surface area contributed by atoms with Gasteiger partial charge in [-0.05, 0) is 78.1 Å². The molecule has 7 heteroatoms. The summed E-state index contributed by atoms with van der Waals surface area (Å²) < 4.78 is 9.59. The Balaban J connectivity index is -0.000000229. The Bertz CT molecular complexity index is 217. The van der Waals surface area contributed by atoms with Crippen LogP contribution in [0.25, 0.3) is 0 Å². The minimum absolute atomic E-state index is 0. The Morgan fingerprint density at radius 1 is 0.652 bits per heavy atom. The van der Waals surface area contributed by atoms with Crippen molar-refractivity contribution >= 4 is 58.5 Å². The van der Waals surface area contributed by atoms with E-state index in [-0.39, 0.29) is 35.0 Å². The van der Waals surface area contributed by atoms with Crippen LogP contribution < -0.4 is 0 Å². The molecule has 0 spiro atoms. The fourth-order valence-electron chi connectivity index (χ4n) is 0.877. The molecule has 0 amide bonds. The van der Waals surface area contributed by atoms with Crippen LogP contribution in [-0.2, 0) is 60.9 Å². The fourth-order valence-corrected chi connectivity index (χ4v) is 1.35. The molecule has 2 rings (SSSR count). The zero-order valence-electron chi connectivity index (χ0n) is 13.1. The van der Waals surface area contributed by atoms with Gasteiger partial charge in [-0.1, -0.05) is 0 Å². The Labute approximate surface area is 184 Å². The SMILES string of the molecule is CCOC(=S)[S-].CCOC(=S)[S-].[CH]1[CH][CH][CH][CH]1.[CH]1[CH][CH][CH][CH]1.[Zr+4]. The molecule has 0 aliphatic heterocycles. The van der Waals surface area contributed by atoms with Gasteiger partial charge < -0.3 is 59.2 Å². The molecule has 0 atom stereocenters. The van der Waals surface area contributed by atoms with Crippen LogP contribution in [0.3, 0.4) is 0 Å². The van der Waals surface area contributed by atoms with Gasteiger partial charge in [-0.25, -0.2) is 0 Å². The van der Waals surface area contributed by atoms with Crippen LogP contribution in [0.15, 0.2) is 0 Å². The minimum Gasteiger partial charge on any atom is -0.514 e. The van der Waals surface area contributed by atoms with Gasteiger partial charge >= 0.3 is 26.2 Å². The van der Waals surface area contributed by atoms with Gasteiger partial charge in [0.25, 0.3) is 0 Å². The molecule has 0 aromatic carbocycles. The predicted octanol–water partition coefficient (Wildman–Crippen LogP) is 3.75. The van der Waals surface area contributed by atoms with Gasteiger partial charge in [-0.2, -0.15) is 0 Å². The molecular formula is C16H20O2S4Zr+2. The smallest absolute Gasteiger partial charge is 0.514 e. The molecule has 23 heavy (non-hydrogen) atoms. The Hall–Kier alpha value is 1.10. The molecule has 2 nitrogen and oxygen atoms in total. The maximum absolute atomic E-state index is 4.59. The van der Waals surface area contributed by atoms with Crippen LogP contribution in [0.5, 0.6) is 0 Å². The van der Waals surface area contributed by atoms with Crippen molar-refractivity contribution in [2.45, 2.75) is 13.8 Å². The fraction of sp³-hybridized carbons (Fsp3) is 0.250. The Morgan fingerprint density at radius 2 is 0.826 bits per heavy atom. The molecule has 0 unspecified atom stereocenters. The van der Waals surface area contributed by atoms with Gasteiger partial charge in [0, 0.05) is 8.77 Å². The van der Waals surface area contributed by atoms with Gasteiger partial charge in [0.05, 0.1) is 13.2 Å². The summed E-state index contributed by atoms with van der Waals surface area (Å²) in [4.78, 5) is 0. The molecule has 2 aliphatic carbocycles. The summed E-state index contributed by atoms with van der Waals surface area (Å²) in [5.74, 6) is 0. The van der Waals surface area contributed by atoms with Gasteiger partial charge in [0.15, 0.2) is 0 Å². The van der Waals surface area contributed by atoms with Crippen molar-refractivity contribution in [1.29, 1.82) is 0 Å². The average molecular weight is 464 g/mol. The monoisotopic (exact) mass is 462 g/mol. The molecule has 0 aromatic heterocycles. The van der Waals surface area contributed by atoms with E-state index >= 15 is 0 Å². The molecule has 2 fully saturated rings. The maximum atomic E-state index is 4.59. The molecule has 0 saturated heterocycles. The van der Waals surface area contributed by atoms with E-state index in [1.807, 2.05) is 78.1 Å². The second-order valence-corrected chi connectivity index (χ2v) is 5.29. The summed E-state index contributed by atoms with van der Waals surface area (Å²) in [6.45, 7) is 4.86. The number of hydrogen-bond acceptors (Lipinski definition) is 6. The van der Waals surface area contributed by atoms with E-state index in [1.54, 1.807) is 0 Å². The third-order valence-electron chi connectivity index (χ3n) is 1.64. The molecule has 0 heterocycles. The zero-order chi connectivity index (χ0) is 17.1. The van der Waals surface area contributed by atoms with Crippen LogP contribution in [0.2, 0.25) is 0 Å². The number of ether oxygens (including phenoxy) is 2. The maximum Gasteiger partial charge on any atom is 4.00 e. The quantitative estimate of drug-likeness (QED) is 0.455. The van der Waals surface area contributed by atoms with Crippen molar-refractivity contribution < 1.29 is 35.7 Å². The van der Waals surface area contributed by atoms with Crippen LogP contribution in [0.4, 0.5) is 0 Å². The standard InChI is InChI=1S/2C5H5.2C3H6OS2.Zr/c2*1-2-4-5-3-1;2*1-2-4-3(5)6;/h2*1-5H;2*2H2,1H3,(H,5,6);/q;;;;+4/p-2. The van der Waals surface area contributed by atoms with Gasteiger partial charge in [-0.3, -0.25) is 0 Å². The van der Waals surface area contributed by atoms with Crippen LogP contribution >= 0.6 is 24.4 Å².